The van der Waals surface area contributed by atoms with Gasteiger partial charge in [0.25, 0.3) is 0 Å². The monoisotopic (exact) mass is 1070 g/mol. The fourth-order valence-corrected chi connectivity index (χ4v) is 7.82. The van der Waals surface area contributed by atoms with Gasteiger partial charge in [0.05, 0.1) is 13.0 Å². The van der Waals surface area contributed by atoms with E-state index in [2.05, 4.69) is 130 Å². The number of carboxylic acid groups (broad SMARTS) is 1. The van der Waals surface area contributed by atoms with Crippen molar-refractivity contribution < 1.29 is 58.2 Å². The van der Waals surface area contributed by atoms with E-state index in [9.17, 15) is 34.5 Å². The number of aliphatic hydroxyl groups is 2. The maximum absolute atomic E-state index is 13.1. The van der Waals surface area contributed by atoms with Crippen LogP contribution in [0.25, 0.3) is 0 Å². The summed E-state index contributed by atoms with van der Waals surface area (Å²) >= 11 is 0. The highest BCUT2D eigenvalue weighted by Crippen LogP contribution is 2.26. The molecule has 1 rings (SSSR count). The Morgan fingerprint density at radius 1 is 0.455 bits per heavy atom. The van der Waals surface area contributed by atoms with Crippen LogP contribution in [0.5, 0.6) is 0 Å². The second kappa shape index (κ2) is 51.6. The minimum Gasteiger partial charge on any atom is -0.479 e. The number of unbranched alkanes of at least 4 members (excludes halogenated alkanes) is 12. The third-order valence-corrected chi connectivity index (χ3v) is 12.2. The Labute approximate surface area is 464 Å². The van der Waals surface area contributed by atoms with Gasteiger partial charge in [0.2, 0.25) is 0 Å². The van der Waals surface area contributed by atoms with Gasteiger partial charge in [-0.25, -0.2) is 4.79 Å². The zero-order valence-electron chi connectivity index (χ0n) is 47.4. The largest absolute Gasteiger partial charge is 0.479 e. The molecular weight excluding hydrogens is 973 g/mol. The number of aliphatic carboxylic acids is 1. The molecule has 432 valence electrons. The smallest absolute Gasteiger partial charge is 0.335 e. The van der Waals surface area contributed by atoms with Crippen molar-refractivity contribution in [1.29, 1.82) is 0 Å². The molecule has 1 fully saturated rings. The summed E-state index contributed by atoms with van der Waals surface area (Å²) in [4.78, 5) is 51.1. The third-order valence-electron chi connectivity index (χ3n) is 12.2. The number of aliphatic hydroxyl groups excluding tert-OH is 2. The summed E-state index contributed by atoms with van der Waals surface area (Å²) in [5.74, 6) is -3.36. The molecule has 0 aromatic heterocycles. The Balaban J connectivity index is 2.79. The predicted octanol–water partition coefficient (Wildman–Crippen LogP) is 15.0. The average Bonchev–Trinajstić information content (AvgIpc) is 3.43. The molecule has 0 bridgehead atoms. The zero-order chi connectivity index (χ0) is 56.1. The number of carbonyl (C=O) groups is 4. The lowest BCUT2D eigenvalue weighted by Crippen LogP contribution is -2.61. The van der Waals surface area contributed by atoms with Crippen LogP contribution in [0.4, 0.5) is 0 Å². The third kappa shape index (κ3) is 41.6. The molecule has 0 aromatic carbocycles. The topological polar surface area (TPSA) is 175 Å². The number of hydrogen-bond acceptors (Lipinski definition) is 11. The number of esters is 3. The molecule has 1 aliphatic rings. The van der Waals surface area contributed by atoms with Crippen molar-refractivity contribution in [3.05, 3.63) is 134 Å². The summed E-state index contributed by atoms with van der Waals surface area (Å²) in [6.45, 7) is 5.61. The molecular formula is C65H100O12. The van der Waals surface area contributed by atoms with Gasteiger partial charge in [-0.15, -0.1) is 0 Å². The number of rotatable bonds is 47. The molecule has 3 N–H and O–H groups in total. The number of carboxylic acids is 1. The predicted molar refractivity (Wildman–Crippen MR) is 312 cm³/mol. The Morgan fingerprint density at radius 2 is 0.857 bits per heavy atom. The highest BCUT2D eigenvalue weighted by atomic mass is 16.7. The lowest BCUT2D eigenvalue weighted by atomic mass is 9.98. The van der Waals surface area contributed by atoms with Crippen LogP contribution in [0.2, 0.25) is 0 Å². The SMILES string of the molecule is CC/C=C\C/C=C\C/C=C\C/C=C\C/C=C\CC(=O)OC(COC(=O)CCCCCC/C=C\C/C=C\C/C=C\C/C=C\CC)COC1OC(C(=O)O)C(O)C(O)C1OC(=O)CCCCCCC/C=C\C/C=C\CCCCC. The van der Waals surface area contributed by atoms with E-state index in [1.807, 2.05) is 18.2 Å². The average molecular weight is 1070 g/mol. The molecule has 6 atom stereocenters. The van der Waals surface area contributed by atoms with Gasteiger partial charge in [0, 0.05) is 12.8 Å². The van der Waals surface area contributed by atoms with Crippen molar-refractivity contribution in [3.8, 4) is 0 Å². The lowest BCUT2D eigenvalue weighted by molar-refractivity contribution is -0.301. The van der Waals surface area contributed by atoms with Crippen molar-refractivity contribution in [2.45, 2.75) is 237 Å². The van der Waals surface area contributed by atoms with E-state index in [0.29, 0.717) is 19.3 Å². The van der Waals surface area contributed by atoms with Crippen LogP contribution in [-0.4, -0.2) is 89.2 Å². The molecule has 0 aliphatic carbocycles. The van der Waals surface area contributed by atoms with Crippen LogP contribution in [0, 0.1) is 0 Å². The first-order valence-corrected chi connectivity index (χ1v) is 29.2. The van der Waals surface area contributed by atoms with Crippen molar-refractivity contribution in [2.24, 2.45) is 0 Å². The maximum Gasteiger partial charge on any atom is 0.335 e. The van der Waals surface area contributed by atoms with Crippen molar-refractivity contribution in [2.75, 3.05) is 13.2 Å². The fourth-order valence-electron chi connectivity index (χ4n) is 7.82. The molecule has 0 saturated carbocycles. The molecule has 12 nitrogen and oxygen atoms in total. The Bertz CT molecular complexity index is 1850. The summed E-state index contributed by atoms with van der Waals surface area (Å²) in [6.07, 6.45) is 60.2. The van der Waals surface area contributed by atoms with Gasteiger partial charge in [-0.1, -0.05) is 199 Å². The van der Waals surface area contributed by atoms with E-state index in [-0.39, 0.29) is 25.9 Å². The molecule has 12 heteroatoms. The first-order valence-electron chi connectivity index (χ1n) is 29.2. The van der Waals surface area contributed by atoms with Gasteiger partial charge >= 0.3 is 23.9 Å². The quantitative estimate of drug-likeness (QED) is 0.0228. The van der Waals surface area contributed by atoms with Gasteiger partial charge in [-0.3, -0.25) is 14.4 Å². The summed E-state index contributed by atoms with van der Waals surface area (Å²) in [5, 5.41) is 31.5. The van der Waals surface area contributed by atoms with E-state index in [1.54, 1.807) is 6.08 Å². The van der Waals surface area contributed by atoms with Gasteiger partial charge in [0.1, 0.15) is 18.8 Å². The Kier molecular flexibility index (Phi) is 46.8. The van der Waals surface area contributed by atoms with Crippen LogP contribution in [0.1, 0.15) is 201 Å². The van der Waals surface area contributed by atoms with Crippen LogP contribution in [-0.2, 0) is 42.9 Å². The van der Waals surface area contributed by atoms with Gasteiger partial charge in [-0.05, 0) is 116 Å². The second-order valence-electron chi connectivity index (χ2n) is 19.2. The first-order chi connectivity index (χ1) is 37.6. The normalized spacial score (nSPS) is 19.0. The summed E-state index contributed by atoms with van der Waals surface area (Å²) in [6, 6.07) is 0. The Hall–Kier alpha value is -5.14. The molecule has 1 heterocycles. The van der Waals surface area contributed by atoms with Crippen molar-refractivity contribution in [3.63, 3.8) is 0 Å². The highest BCUT2D eigenvalue weighted by Gasteiger charge is 2.50. The summed E-state index contributed by atoms with van der Waals surface area (Å²) in [5.41, 5.74) is 0. The molecule has 0 aromatic rings. The minimum atomic E-state index is -1.93. The second-order valence-corrected chi connectivity index (χ2v) is 19.2. The van der Waals surface area contributed by atoms with Crippen LogP contribution < -0.4 is 0 Å². The minimum absolute atomic E-state index is 0.0240. The number of allylic oxidation sites excluding steroid dienone is 21. The van der Waals surface area contributed by atoms with Gasteiger partial charge < -0.3 is 39.0 Å². The number of hydrogen-bond donors (Lipinski definition) is 3. The van der Waals surface area contributed by atoms with Crippen molar-refractivity contribution >= 4 is 23.9 Å². The molecule has 0 radical (unpaired) electrons. The van der Waals surface area contributed by atoms with E-state index >= 15 is 0 Å². The van der Waals surface area contributed by atoms with Crippen LogP contribution >= 0.6 is 0 Å². The lowest BCUT2D eigenvalue weighted by Gasteiger charge is -2.40. The van der Waals surface area contributed by atoms with Gasteiger partial charge in [-0.2, -0.15) is 0 Å². The van der Waals surface area contributed by atoms with Crippen molar-refractivity contribution in [1.82, 2.24) is 0 Å². The standard InChI is InChI=1S/C65H100O12/c1-4-7-10-13-16-19-22-25-28-29-32-33-36-39-42-45-48-51-57(66)73-54-56(75-58(67)52-49-46-43-40-37-34-30-26-23-20-17-14-11-8-5-2)55-74-65-63(61(70)60(69)62(77-65)64(71)72)76-59(68)53-50-47-44-41-38-35-31-27-24-21-18-15-12-9-6-3/h7-8,10-11,16-21,25-28,30-33,37,40,46,49,56,60-63,65,69-70H,4-6,9,12-15,22-24,29,34-36,38-39,41-45,47-48,50-55H2,1-3H3,(H,71,72)/b10-7-,11-8-,19-16-,20-17-,21-18-,28-25-,30-26-,31-27-,33-32-,40-37-,49-46-. The van der Waals surface area contributed by atoms with E-state index in [0.717, 1.165) is 122 Å². The molecule has 0 spiro atoms. The molecule has 77 heavy (non-hydrogen) atoms. The van der Waals surface area contributed by atoms with E-state index in [1.165, 1.54) is 19.3 Å². The Morgan fingerprint density at radius 3 is 1.31 bits per heavy atom. The summed E-state index contributed by atoms with van der Waals surface area (Å²) < 4.78 is 28.2. The number of ether oxygens (including phenoxy) is 5. The number of carbonyl (C=O) groups excluding carboxylic acids is 3. The molecule has 1 saturated heterocycles. The first kappa shape index (κ1) is 69.9. The zero-order valence-corrected chi connectivity index (χ0v) is 47.4. The molecule has 0 amide bonds. The fraction of sp³-hybridized carbons (Fsp3) is 0.600. The van der Waals surface area contributed by atoms with E-state index < -0.39 is 67.3 Å². The highest BCUT2D eigenvalue weighted by molar-refractivity contribution is 5.74. The van der Waals surface area contributed by atoms with E-state index in [4.69, 9.17) is 23.7 Å². The molecule has 6 unspecified atom stereocenters. The van der Waals surface area contributed by atoms with Crippen LogP contribution in [0.3, 0.4) is 0 Å². The summed E-state index contributed by atoms with van der Waals surface area (Å²) in [7, 11) is 0. The van der Waals surface area contributed by atoms with Gasteiger partial charge in [0.15, 0.2) is 24.6 Å². The van der Waals surface area contributed by atoms with Crippen LogP contribution in [0.15, 0.2) is 134 Å². The molecule has 1 aliphatic heterocycles. The maximum atomic E-state index is 13.1.